The molecule has 2 N–H and O–H groups in total. The highest BCUT2D eigenvalue weighted by Crippen LogP contribution is 2.49. The number of rotatable bonds is 2. The van der Waals surface area contributed by atoms with Gasteiger partial charge in [-0.25, -0.2) is 9.84 Å². The number of benzene rings is 2. The number of nitrogens with zero attached hydrogens (tertiary/aromatic N) is 3. The monoisotopic (exact) mass is 414 g/mol. The van der Waals surface area contributed by atoms with Crippen LogP contribution in [-0.2, 0) is 10.3 Å². The van der Waals surface area contributed by atoms with Crippen LogP contribution in [0.3, 0.4) is 0 Å². The molecule has 1 amide bonds. The molecule has 2 unspecified atom stereocenters. The molecule has 1 aliphatic carbocycles. The Kier molecular flexibility index (Phi) is 4.70. The van der Waals surface area contributed by atoms with Crippen LogP contribution in [0.5, 0.6) is 5.75 Å². The molecular weight excluding hydrogens is 388 g/mol. The Labute approximate surface area is 182 Å². The van der Waals surface area contributed by atoms with Crippen LogP contribution in [0.15, 0.2) is 47.5 Å². The Morgan fingerprint density at radius 2 is 1.94 bits per heavy atom. The molecule has 0 saturated heterocycles. The first-order valence-electron chi connectivity index (χ1n) is 10.9. The van der Waals surface area contributed by atoms with Gasteiger partial charge in [-0.15, -0.1) is 0 Å². The molecule has 1 spiro atoms. The van der Waals surface area contributed by atoms with E-state index in [9.17, 15) is 4.79 Å². The number of hydrogen-bond acceptors (Lipinski definition) is 4. The molecule has 2 aliphatic heterocycles. The fourth-order valence-electron chi connectivity index (χ4n) is 5.27. The average molecular weight is 415 g/mol. The Balaban J connectivity index is 1.62. The number of hydrogen-bond donors (Lipinski definition) is 1. The first-order valence-corrected chi connectivity index (χ1v) is 10.9. The number of amides is 1. The zero-order chi connectivity index (χ0) is 21.6. The maximum Gasteiger partial charge on any atom is 0.261 e. The van der Waals surface area contributed by atoms with Crippen LogP contribution < -0.4 is 10.5 Å². The van der Waals surface area contributed by atoms with Crippen LogP contribution in [0.25, 0.3) is 16.0 Å². The van der Waals surface area contributed by atoms with Crippen LogP contribution >= 0.6 is 0 Å². The summed E-state index contributed by atoms with van der Waals surface area (Å²) in [5.41, 5.74) is 8.29. The van der Waals surface area contributed by atoms with Gasteiger partial charge in [0, 0.05) is 19.0 Å². The third-order valence-electron chi connectivity index (χ3n) is 6.99. The van der Waals surface area contributed by atoms with Gasteiger partial charge in [-0.05, 0) is 48.1 Å². The summed E-state index contributed by atoms with van der Waals surface area (Å²) < 4.78 is 6.48. The first kappa shape index (κ1) is 19.6. The summed E-state index contributed by atoms with van der Waals surface area (Å²) in [5.74, 6) is 1.30. The van der Waals surface area contributed by atoms with Gasteiger partial charge in [0.2, 0.25) is 0 Å². The van der Waals surface area contributed by atoms with Crippen molar-refractivity contribution in [3.05, 3.63) is 59.4 Å². The lowest BCUT2D eigenvalue weighted by Gasteiger charge is -2.41. The number of carbonyl (C=O) groups excluding carboxylic acids is 1. The van der Waals surface area contributed by atoms with Gasteiger partial charge in [0.05, 0.1) is 6.57 Å². The van der Waals surface area contributed by atoms with Crippen molar-refractivity contribution in [2.45, 2.75) is 50.2 Å². The van der Waals surface area contributed by atoms with Crippen molar-refractivity contribution in [1.82, 2.24) is 4.90 Å². The average Bonchev–Trinajstić information content (AvgIpc) is 3.03. The molecule has 2 atom stereocenters. The quantitative estimate of drug-likeness (QED) is 0.729. The normalized spacial score (nSPS) is 25.7. The van der Waals surface area contributed by atoms with Gasteiger partial charge < -0.3 is 10.5 Å². The molecule has 0 radical (unpaired) electrons. The second-order valence-electron chi connectivity index (χ2n) is 8.83. The van der Waals surface area contributed by atoms with Gasteiger partial charge in [-0.3, -0.25) is 9.69 Å². The number of guanidine groups is 1. The Morgan fingerprint density at radius 1 is 1.16 bits per heavy atom. The van der Waals surface area contributed by atoms with Crippen molar-refractivity contribution in [3.63, 3.8) is 0 Å². The summed E-state index contributed by atoms with van der Waals surface area (Å²) in [6.45, 7) is 7.30. The lowest BCUT2D eigenvalue weighted by Crippen LogP contribution is -2.47. The molecule has 0 aromatic heterocycles. The van der Waals surface area contributed by atoms with Crippen molar-refractivity contribution >= 4 is 17.6 Å². The van der Waals surface area contributed by atoms with Gasteiger partial charge >= 0.3 is 0 Å². The fourth-order valence-corrected chi connectivity index (χ4v) is 5.27. The highest BCUT2D eigenvalue weighted by atomic mass is 16.5. The van der Waals surface area contributed by atoms with E-state index in [0.29, 0.717) is 23.8 Å². The van der Waals surface area contributed by atoms with E-state index < -0.39 is 5.54 Å². The summed E-state index contributed by atoms with van der Waals surface area (Å²) in [6.07, 6.45) is 6.41. The first-order chi connectivity index (χ1) is 15.0. The van der Waals surface area contributed by atoms with Crippen LogP contribution in [-0.4, -0.2) is 29.9 Å². The Hall–Kier alpha value is -3.33. The zero-order valence-electron chi connectivity index (χ0n) is 17.7. The summed E-state index contributed by atoms with van der Waals surface area (Å²) in [5, 5.41) is 0. The number of ether oxygens (including phenoxy) is 1. The van der Waals surface area contributed by atoms with Crippen LogP contribution in [0, 0.1) is 12.5 Å². The number of fused-ring (bicyclic) bond motifs is 2. The van der Waals surface area contributed by atoms with E-state index in [-0.39, 0.29) is 18.0 Å². The smallest absolute Gasteiger partial charge is 0.261 e. The van der Waals surface area contributed by atoms with E-state index in [1.807, 2.05) is 36.4 Å². The fraction of sp³-hybridized carbons (Fsp3) is 0.400. The van der Waals surface area contributed by atoms with Gasteiger partial charge in [0.1, 0.15) is 11.9 Å². The van der Waals surface area contributed by atoms with Crippen molar-refractivity contribution in [1.29, 1.82) is 0 Å². The van der Waals surface area contributed by atoms with Gasteiger partial charge in [-0.2, -0.15) is 0 Å². The minimum absolute atomic E-state index is 0.0453. The molecule has 0 bridgehead atoms. The molecule has 158 valence electrons. The lowest BCUT2D eigenvalue weighted by molar-refractivity contribution is -0.132. The minimum atomic E-state index is -1.04. The van der Waals surface area contributed by atoms with Crippen molar-refractivity contribution < 1.29 is 9.53 Å². The van der Waals surface area contributed by atoms with Gasteiger partial charge in [0.15, 0.2) is 17.2 Å². The third kappa shape index (κ3) is 3.16. The maximum atomic E-state index is 13.5. The summed E-state index contributed by atoms with van der Waals surface area (Å²) in [7, 11) is 1.68. The van der Waals surface area contributed by atoms with E-state index in [2.05, 4.69) is 4.85 Å². The summed E-state index contributed by atoms with van der Waals surface area (Å²) in [4.78, 5) is 23.2. The highest BCUT2D eigenvalue weighted by molar-refractivity contribution is 6.07. The van der Waals surface area contributed by atoms with E-state index >= 15 is 0 Å². The maximum absolute atomic E-state index is 13.5. The Morgan fingerprint density at radius 3 is 2.65 bits per heavy atom. The second kappa shape index (κ2) is 7.42. The number of aliphatic imine (C=N–C) groups is 1. The van der Waals surface area contributed by atoms with E-state index in [4.69, 9.17) is 22.0 Å². The number of carbonyl (C=O) groups is 1. The molecule has 2 aromatic rings. The molecule has 1 saturated carbocycles. The summed E-state index contributed by atoms with van der Waals surface area (Å²) >= 11 is 0. The molecule has 31 heavy (non-hydrogen) atoms. The van der Waals surface area contributed by atoms with E-state index in [1.165, 1.54) is 24.2 Å². The summed E-state index contributed by atoms with van der Waals surface area (Å²) in [6, 6.07) is 13.4. The van der Waals surface area contributed by atoms with E-state index in [1.54, 1.807) is 13.1 Å². The largest absolute Gasteiger partial charge is 0.490 e. The molecule has 2 aromatic carbocycles. The van der Waals surface area contributed by atoms with Crippen molar-refractivity contribution in [3.8, 4) is 16.9 Å². The highest BCUT2D eigenvalue weighted by Gasteiger charge is 2.54. The second-order valence-corrected chi connectivity index (χ2v) is 8.83. The van der Waals surface area contributed by atoms with Crippen LogP contribution in [0.2, 0.25) is 0 Å². The SMILES string of the molecule is [C-]#[N+]c1cccc(-c2ccc3c(c2)C2(CC(C4CCCCC4)O3)N=C(N)N(C)C2=O)c1. The Bertz CT molecular complexity index is 1110. The van der Waals surface area contributed by atoms with Gasteiger partial charge in [0.25, 0.3) is 5.91 Å². The van der Waals surface area contributed by atoms with Crippen LogP contribution in [0.4, 0.5) is 5.69 Å². The predicted octanol–water partition coefficient (Wildman–Crippen LogP) is 4.62. The zero-order valence-corrected chi connectivity index (χ0v) is 17.7. The minimum Gasteiger partial charge on any atom is -0.490 e. The third-order valence-corrected chi connectivity index (χ3v) is 6.99. The lowest BCUT2D eigenvalue weighted by atomic mass is 9.74. The molecule has 1 fully saturated rings. The van der Waals surface area contributed by atoms with Crippen LogP contribution in [0.1, 0.15) is 44.1 Å². The molecule has 2 heterocycles. The standard InChI is InChI=1S/C25H26N4O2/c1-27-19-10-6-9-17(13-19)18-11-12-21-20(14-18)25(23(30)29(2)24(26)28-25)15-22(31-21)16-7-4-3-5-8-16/h6,9-14,16,22H,3-5,7-8,15H2,2H3,(H2,26,28). The molecule has 3 aliphatic rings. The van der Waals surface area contributed by atoms with Gasteiger partial charge in [-0.1, -0.05) is 43.5 Å². The van der Waals surface area contributed by atoms with Crippen molar-refractivity contribution in [2.24, 2.45) is 16.6 Å². The predicted molar refractivity (Wildman–Crippen MR) is 120 cm³/mol. The topological polar surface area (TPSA) is 72.3 Å². The van der Waals surface area contributed by atoms with Crippen molar-refractivity contribution in [2.75, 3.05) is 7.05 Å². The molecule has 6 nitrogen and oxygen atoms in total. The van der Waals surface area contributed by atoms with E-state index in [0.717, 1.165) is 29.5 Å². The number of nitrogens with two attached hydrogens (primary N) is 1. The molecule has 6 heteroatoms. The number of likely N-dealkylation sites (N-methyl/N-ethyl adjacent to an activating group) is 1. The molecule has 5 rings (SSSR count). The molecular formula is C25H26N4O2.